The summed E-state index contributed by atoms with van der Waals surface area (Å²) in [5.74, 6) is 0.561. The van der Waals surface area contributed by atoms with E-state index in [0.717, 1.165) is 38.4 Å². The van der Waals surface area contributed by atoms with Crippen molar-refractivity contribution in [2.24, 2.45) is 10.7 Å². The number of aliphatic imine (C=N–C) groups is 1. The highest BCUT2D eigenvalue weighted by atomic mass is 16.5. The van der Waals surface area contributed by atoms with Crippen LogP contribution < -0.4 is 16.4 Å². The summed E-state index contributed by atoms with van der Waals surface area (Å²) < 4.78 is 5.68. The molecule has 1 heterocycles. The molecule has 144 valence electrons. The number of primary amides is 1. The summed E-state index contributed by atoms with van der Waals surface area (Å²) in [6.45, 7) is 6.78. The van der Waals surface area contributed by atoms with Crippen molar-refractivity contribution >= 4 is 11.9 Å². The Hall–Kier alpha value is -2.12. The summed E-state index contributed by atoms with van der Waals surface area (Å²) in [6.07, 6.45) is 1.95. The molecule has 0 atom stereocenters. The van der Waals surface area contributed by atoms with Gasteiger partial charge in [-0.2, -0.15) is 0 Å². The number of carbonyl (C=O) groups excluding carboxylic acids is 1. The molecule has 1 fully saturated rings. The number of hydrogen-bond donors (Lipinski definition) is 3. The zero-order valence-corrected chi connectivity index (χ0v) is 15.6. The van der Waals surface area contributed by atoms with E-state index >= 15 is 0 Å². The summed E-state index contributed by atoms with van der Waals surface area (Å²) in [7, 11) is 0. The van der Waals surface area contributed by atoms with Crippen LogP contribution in [0.3, 0.4) is 0 Å². The SMILES string of the molecule is CCNC(=NCCOCc1ccccc1)NC1CCN(CC(N)=O)CC1. The molecule has 4 N–H and O–H groups in total. The van der Waals surface area contributed by atoms with E-state index in [-0.39, 0.29) is 5.91 Å². The van der Waals surface area contributed by atoms with Crippen LogP contribution in [-0.4, -0.2) is 62.1 Å². The molecule has 0 bridgehead atoms. The number of hydrogen-bond acceptors (Lipinski definition) is 4. The molecule has 0 aromatic heterocycles. The monoisotopic (exact) mass is 361 g/mol. The standard InChI is InChI=1S/C19H31N5O2/c1-2-21-19(22-10-13-26-15-16-6-4-3-5-7-16)23-17-8-11-24(12-9-17)14-18(20)25/h3-7,17H,2,8-15H2,1H3,(H2,20,25)(H2,21,22,23). The molecule has 26 heavy (non-hydrogen) atoms. The molecule has 1 aromatic rings. The van der Waals surface area contributed by atoms with Crippen LogP contribution in [0.15, 0.2) is 35.3 Å². The van der Waals surface area contributed by atoms with E-state index in [0.29, 0.717) is 32.3 Å². The number of amides is 1. The van der Waals surface area contributed by atoms with Gasteiger partial charge >= 0.3 is 0 Å². The molecule has 7 heteroatoms. The molecule has 0 radical (unpaired) electrons. The number of nitrogens with two attached hydrogens (primary N) is 1. The number of ether oxygens (including phenoxy) is 1. The van der Waals surface area contributed by atoms with E-state index in [9.17, 15) is 4.79 Å². The second-order valence-electron chi connectivity index (χ2n) is 6.46. The van der Waals surface area contributed by atoms with E-state index in [1.165, 1.54) is 5.56 Å². The van der Waals surface area contributed by atoms with E-state index in [1.807, 2.05) is 18.2 Å². The second-order valence-corrected chi connectivity index (χ2v) is 6.46. The van der Waals surface area contributed by atoms with Crippen molar-refractivity contribution in [2.75, 3.05) is 39.3 Å². The van der Waals surface area contributed by atoms with Crippen LogP contribution in [0.25, 0.3) is 0 Å². The summed E-state index contributed by atoms with van der Waals surface area (Å²) in [5.41, 5.74) is 6.43. The first kappa shape index (κ1) is 20.2. The Morgan fingerprint density at radius 2 is 2.04 bits per heavy atom. The minimum absolute atomic E-state index is 0.262. The quantitative estimate of drug-likeness (QED) is 0.342. The van der Waals surface area contributed by atoms with Gasteiger partial charge < -0.3 is 21.1 Å². The van der Waals surface area contributed by atoms with Gasteiger partial charge in [0.05, 0.1) is 26.3 Å². The van der Waals surface area contributed by atoms with Gasteiger partial charge in [-0.25, -0.2) is 0 Å². The maximum Gasteiger partial charge on any atom is 0.231 e. The maximum absolute atomic E-state index is 11.0. The van der Waals surface area contributed by atoms with Crippen LogP contribution in [0, 0.1) is 0 Å². The van der Waals surface area contributed by atoms with Gasteiger partial charge in [0.2, 0.25) is 5.91 Å². The number of likely N-dealkylation sites (tertiary alicyclic amines) is 1. The van der Waals surface area contributed by atoms with Gasteiger partial charge in [-0.15, -0.1) is 0 Å². The van der Waals surface area contributed by atoms with Crippen LogP contribution >= 0.6 is 0 Å². The summed E-state index contributed by atoms with van der Waals surface area (Å²) in [5, 5.41) is 6.76. The Bertz CT molecular complexity index is 556. The molecule has 2 rings (SSSR count). The van der Waals surface area contributed by atoms with Crippen molar-refractivity contribution in [3.8, 4) is 0 Å². The number of nitrogens with one attached hydrogen (secondary N) is 2. The van der Waals surface area contributed by atoms with Crippen LogP contribution in [0.5, 0.6) is 0 Å². The largest absolute Gasteiger partial charge is 0.375 e. The third-order valence-corrected chi connectivity index (χ3v) is 4.27. The fourth-order valence-corrected chi connectivity index (χ4v) is 2.96. The minimum atomic E-state index is -0.262. The Kier molecular flexibility index (Phi) is 8.92. The molecular formula is C19H31N5O2. The fourth-order valence-electron chi connectivity index (χ4n) is 2.96. The van der Waals surface area contributed by atoms with Crippen LogP contribution in [0.1, 0.15) is 25.3 Å². The van der Waals surface area contributed by atoms with E-state index < -0.39 is 0 Å². The van der Waals surface area contributed by atoms with Gasteiger partial charge in [-0.05, 0) is 25.3 Å². The van der Waals surface area contributed by atoms with Crippen molar-refractivity contribution in [3.63, 3.8) is 0 Å². The number of benzene rings is 1. The van der Waals surface area contributed by atoms with Gasteiger partial charge in [0.25, 0.3) is 0 Å². The van der Waals surface area contributed by atoms with Crippen molar-refractivity contribution < 1.29 is 9.53 Å². The normalized spacial score (nSPS) is 16.4. The molecule has 1 aliphatic heterocycles. The molecule has 0 saturated carbocycles. The van der Waals surface area contributed by atoms with Gasteiger partial charge in [-0.1, -0.05) is 30.3 Å². The second kappa shape index (κ2) is 11.5. The lowest BCUT2D eigenvalue weighted by atomic mass is 10.1. The fraction of sp³-hybridized carbons (Fsp3) is 0.579. The molecule has 0 spiro atoms. The Morgan fingerprint density at radius 1 is 1.31 bits per heavy atom. The third-order valence-electron chi connectivity index (χ3n) is 4.27. The lowest BCUT2D eigenvalue weighted by Gasteiger charge is -2.32. The molecule has 7 nitrogen and oxygen atoms in total. The average molecular weight is 361 g/mol. The zero-order valence-electron chi connectivity index (χ0n) is 15.6. The van der Waals surface area contributed by atoms with Gasteiger partial charge in [0, 0.05) is 25.7 Å². The first-order chi connectivity index (χ1) is 12.7. The molecular weight excluding hydrogens is 330 g/mol. The number of piperidine rings is 1. The predicted molar refractivity (Wildman–Crippen MR) is 104 cm³/mol. The van der Waals surface area contributed by atoms with Gasteiger partial charge in [-0.3, -0.25) is 14.7 Å². The van der Waals surface area contributed by atoms with Crippen molar-refractivity contribution in [2.45, 2.75) is 32.4 Å². The molecule has 1 aromatic carbocycles. The van der Waals surface area contributed by atoms with Crippen LogP contribution in [-0.2, 0) is 16.1 Å². The zero-order chi connectivity index (χ0) is 18.6. The Morgan fingerprint density at radius 3 is 2.69 bits per heavy atom. The minimum Gasteiger partial charge on any atom is -0.375 e. The number of carbonyl (C=O) groups is 1. The van der Waals surface area contributed by atoms with E-state index in [2.05, 4.69) is 39.6 Å². The molecule has 0 aliphatic carbocycles. The van der Waals surface area contributed by atoms with Gasteiger partial charge in [0.1, 0.15) is 0 Å². The lowest BCUT2D eigenvalue weighted by molar-refractivity contribution is -0.119. The molecule has 1 aliphatic rings. The highest BCUT2D eigenvalue weighted by Gasteiger charge is 2.20. The first-order valence-electron chi connectivity index (χ1n) is 9.34. The average Bonchev–Trinajstić information content (AvgIpc) is 2.63. The number of rotatable bonds is 9. The first-order valence-corrected chi connectivity index (χ1v) is 9.34. The Balaban J connectivity index is 1.68. The molecule has 0 unspecified atom stereocenters. The highest BCUT2D eigenvalue weighted by molar-refractivity contribution is 5.80. The van der Waals surface area contributed by atoms with Crippen LogP contribution in [0.4, 0.5) is 0 Å². The molecule has 1 saturated heterocycles. The van der Waals surface area contributed by atoms with E-state index in [1.54, 1.807) is 0 Å². The van der Waals surface area contributed by atoms with E-state index in [4.69, 9.17) is 10.5 Å². The summed E-state index contributed by atoms with van der Waals surface area (Å²) in [6, 6.07) is 10.5. The number of nitrogens with zero attached hydrogens (tertiary/aromatic N) is 2. The predicted octanol–water partition coefficient (Wildman–Crippen LogP) is 0.708. The molecule has 1 amide bonds. The maximum atomic E-state index is 11.0. The number of guanidine groups is 1. The third kappa shape index (κ3) is 7.84. The van der Waals surface area contributed by atoms with Crippen molar-refractivity contribution in [3.05, 3.63) is 35.9 Å². The Labute approximate surface area is 156 Å². The summed E-state index contributed by atoms with van der Waals surface area (Å²) >= 11 is 0. The van der Waals surface area contributed by atoms with Gasteiger partial charge in [0.15, 0.2) is 5.96 Å². The topological polar surface area (TPSA) is 92.0 Å². The lowest BCUT2D eigenvalue weighted by Crippen LogP contribution is -2.49. The van der Waals surface area contributed by atoms with Crippen molar-refractivity contribution in [1.29, 1.82) is 0 Å². The summed E-state index contributed by atoms with van der Waals surface area (Å²) in [4.78, 5) is 17.7. The highest BCUT2D eigenvalue weighted by Crippen LogP contribution is 2.09. The van der Waals surface area contributed by atoms with Crippen LogP contribution in [0.2, 0.25) is 0 Å². The van der Waals surface area contributed by atoms with Crippen molar-refractivity contribution in [1.82, 2.24) is 15.5 Å². The smallest absolute Gasteiger partial charge is 0.231 e.